The molecule has 0 bridgehead atoms. The van der Waals surface area contributed by atoms with Gasteiger partial charge in [0.1, 0.15) is 11.6 Å². The lowest BCUT2D eigenvalue weighted by atomic mass is 10.1. The van der Waals surface area contributed by atoms with Crippen LogP contribution in [-0.2, 0) is 6.54 Å². The van der Waals surface area contributed by atoms with Crippen molar-refractivity contribution in [1.82, 2.24) is 9.55 Å². The molecule has 0 radical (unpaired) electrons. The van der Waals surface area contributed by atoms with Crippen molar-refractivity contribution in [2.24, 2.45) is 0 Å². The molecule has 0 atom stereocenters. The molecule has 0 saturated carbocycles. The van der Waals surface area contributed by atoms with E-state index in [0.717, 1.165) is 16.7 Å². The van der Waals surface area contributed by atoms with Gasteiger partial charge in [0.2, 0.25) is 0 Å². The fourth-order valence-corrected chi connectivity index (χ4v) is 1.83. The van der Waals surface area contributed by atoms with Crippen LogP contribution in [0.3, 0.4) is 0 Å². The van der Waals surface area contributed by atoms with Crippen LogP contribution in [0.5, 0.6) is 0 Å². The number of aryl methyl sites for hydroxylation is 1. The first-order valence-electron chi connectivity index (χ1n) is 5.63. The zero-order valence-electron chi connectivity index (χ0n) is 10.3. The third-order valence-corrected chi connectivity index (χ3v) is 2.98. The number of aromatic nitrogens is 2. The van der Waals surface area contributed by atoms with Crippen molar-refractivity contribution in [1.29, 1.82) is 5.26 Å². The Kier molecular flexibility index (Phi) is 3.24. The van der Waals surface area contributed by atoms with Crippen molar-refractivity contribution in [3.05, 3.63) is 63.3 Å². The van der Waals surface area contributed by atoms with Crippen LogP contribution >= 0.6 is 0 Å². The van der Waals surface area contributed by atoms with Crippen molar-refractivity contribution in [2.45, 2.75) is 20.4 Å². The molecule has 18 heavy (non-hydrogen) atoms. The Morgan fingerprint density at radius 2 is 2.22 bits per heavy atom. The lowest BCUT2D eigenvalue weighted by Crippen LogP contribution is -2.24. The summed E-state index contributed by atoms with van der Waals surface area (Å²) < 4.78 is 1.55. The van der Waals surface area contributed by atoms with E-state index < -0.39 is 0 Å². The molecule has 0 aliphatic carbocycles. The molecule has 0 aliphatic heterocycles. The van der Waals surface area contributed by atoms with Gasteiger partial charge < -0.3 is 4.57 Å². The van der Waals surface area contributed by atoms with Crippen LogP contribution in [0.1, 0.15) is 22.3 Å². The highest BCUT2D eigenvalue weighted by Crippen LogP contribution is 2.09. The first-order valence-corrected chi connectivity index (χ1v) is 5.63. The number of pyridine rings is 2. The van der Waals surface area contributed by atoms with Gasteiger partial charge in [-0.15, -0.1) is 0 Å². The Hall–Kier alpha value is -2.41. The quantitative estimate of drug-likeness (QED) is 0.802. The van der Waals surface area contributed by atoms with Crippen LogP contribution in [0.15, 0.2) is 35.5 Å². The predicted octanol–water partition coefficient (Wildman–Crippen LogP) is 1.78. The lowest BCUT2D eigenvalue weighted by Gasteiger charge is -2.10. The Morgan fingerprint density at radius 1 is 1.44 bits per heavy atom. The van der Waals surface area contributed by atoms with Gasteiger partial charge in [-0.1, -0.05) is 6.07 Å². The zero-order chi connectivity index (χ0) is 13.1. The summed E-state index contributed by atoms with van der Waals surface area (Å²) in [5, 5.41) is 9.04. The fraction of sp³-hybridized carbons (Fsp3) is 0.214. The zero-order valence-corrected chi connectivity index (χ0v) is 10.3. The second-order valence-corrected chi connectivity index (χ2v) is 4.22. The van der Waals surface area contributed by atoms with Gasteiger partial charge in [-0.2, -0.15) is 5.26 Å². The summed E-state index contributed by atoms with van der Waals surface area (Å²) in [4.78, 5) is 16.1. The Morgan fingerprint density at radius 3 is 2.83 bits per heavy atom. The monoisotopic (exact) mass is 239 g/mol. The van der Waals surface area contributed by atoms with E-state index in [1.165, 1.54) is 0 Å². The van der Waals surface area contributed by atoms with E-state index in [1.807, 2.05) is 25.1 Å². The largest absolute Gasteiger partial charge is 0.310 e. The van der Waals surface area contributed by atoms with Crippen LogP contribution in [0.4, 0.5) is 0 Å². The first-order chi connectivity index (χ1) is 8.63. The maximum Gasteiger partial charge on any atom is 0.269 e. The van der Waals surface area contributed by atoms with Crippen LogP contribution < -0.4 is 5.56 Å². The van der Waals surface area contributed by atoms with Gasteiger partial charge in [-0.25, -0.2) is 0 Å². The number of rotatable bonds is 2. The van der Waals surface area contributed by atoms with Gasteiger partial charge >= 0.3 is 0 Å². The molecular formula is C14H13N3O. The lowest BCUT2D eigenvalue weighted by molar-refractivity contribution is 0.745. The van der Waals surface area contributed by atoms with E-state index in [2.05, 4.69) is 4.98 Å². The molecule has 2 aromatic heterocycles. The van der Waals surface area contributed by atoms with E-state index in [4.69, 9.17) is 5.26 Å². The topological polar surface area (TPSA) is 58.7 Å². The van der Waals surface area contributed by atoms with Gasteiger partial charge in [0, 0.05) is 18.6 Å². The Bertz CT molecular complexity index is 666. The predicted molar refractivity (Wildman–Crippen MR) is 68.2 cm³/mol. The average Bonchev–Trinajstić information content (AvgIpc) is 2.38. The fourth-order valence-electron chi connectivity index (χ4n) is 1.83. The third-order valence-electron chi connectivity index (χ3n) is 2.98. The van der Waals surface area contributed by atoms with E-state index in [-0.39, 0.29) is 11.1 Å². The van der Waals surface area contributed by atoms with E-state index in [0.29, 0.717) is 6.54 Å². The standard InChI is InChI=1S/C14H13N3O/c1-10-8-17(9-12-4-3-5-16-7-12)14(18)13(6-15)11(10)2/h3-5,7-8H,9H2,1-2H3. The number of hydrogen-bond donors (Lipinski definition) is 0. The van der Waals surface area contributed by atoms with Crippen LogP contribution in [0, 0.1) is 25.2 Å². The molecule has 2 aromatic rings. The SMILES string of the molecule is Cc1cn(Cc2cccnc2)c(=O)c(C#N)c1C. The summed E-state index contributed by atoms with van der Waals surface area (Å²) >= 11 is 0. The van der Waals surface area contributed by atoms with E-state index in [9.17, 15) is 4.79 Å². The van der Waals surface area contributed by atoms with Gasteiger partial charge in [-0.05, 0) is 36.6 Å². The summed E-state index contributed by atoms with van der Waals surface area (Å²) in [5.41, 5.74) is 2.61. The molecule has 0 N–H and O–H groups in total. The smallest absolute Gasteiger partial charge is 0.269 e. The van der Waals surface area contributed by atoms with Crippen molar-refractivity contribution < 1.29 is 0 Å². The second kappa shape index (κ2) is 4.84. The van der Waals surface area contributed by atoms with Gasteiger partial charge in [0.15, 0.2) is 0 Å². The molecule has 0 fully saturated rings. The number of hydrogen-bond acceptors (Lipinski definition) is 3. The van der Waals surface area contributed by atoms with Gasteiger partial charge in [0.05, 0.1) is 6.54 Å². The number of nitrogens with zero attached hydrogens (tertiary/aromatic N) is 3. The molecule has 0 aliphatic rings. The summed E-state index contributed by atoms with van der Waals surface area (Å²) in [6.07, 6.45) is 5.19. The minimum Gasteiger partial charge on any atom is -0.310 e. The Labute approximate surface area is 105 Å². The summed E-state index contributed by atoms with van der Waals surface area (Å²) in [7, 11) is 0. The van der Waals surface area contributed by atoms with Gasteiger partial charge in [-0.3, -0.25) is 9.78 Å². The molecule has 4 heteroatoms. The summed E-state index contributed by atoms with van der Waals surface area (Å²) in [6.45, 7) is 4.13. The molecule has 0 saturated heterocycles. The Balaban J connectivity index is 2.51. The minimum absolute atomic E-state index is 0.221. The minimum atomic E-state index is -0.246. The molecule has 0 aromatic carbocycles. The van der Waals surface area contributed by atoms with Crippen molar-refractivity contribution in [3.8, 4) is 6.07 Å². The molecule has 90 valence electrons. The van der Waals surface area contributed by atoms with E-state index in [1.54, 1.807) is 30.1 Å². The normalized spacial score (nSPS) is 10.1. The highest BCUT2D eigenvalue weighted by atomic mass is 16.1. The molecule has 0 unspecified atom stereocenters. The highest BCUT2D eigenvalue weighted by Gasteiger charge is 2.09. The first kappa shape index (κ1) is 12.1. The second-order valence-electron chi connectivity index (χ2n) is 4.22. The maximum atomic E-state index is 12.1. The maximum absolute atomic E-state index is 12.1. The summed E-state index contributed by atoms with van der Waals surface area (Å²) in [5.74, 6) is 0. The van der Waals surface area contributed by atoms with E-state index >= 15 is 0 Å². The van der Waals surface area contributed by atoms with Crippen LogP contribution in [0.2, 0.25) is 0 Å². The van der Waals surface area contributed by atoms with Crippen molar-refractivity contribution in [3.63, 3.8) is 0 Å². The van der Waals surface area contributed by atoms with Crippen LogP contribution in [-0.4, -0.2) is 9.55 Å². The highest BCUT2D eigenvalue weighted by molar-refractivity contribution is 5.39. The summed E-state index contributed by atoms with van der Waals surface area (Å²) in [6, 6.07) is 5.71. The average molecular weight is 239 g/mol. The molecule has 4 nitrogen and oxygen atoms in total. The van der Waals surface area contributed by atoms with Gasteiger partial charge in [0.25, 0.3) is 5.56 Å². The molecule has 2 rings (SSSR count). The van der Waals surface area contributed by atoms with Crippen LogP contribution in [0.25, 0.3) is 0 Å². The third kappa shape index (κ3) is 2.16. The molecule has 2 heterocycles. The molecule has 0 amide bonds. The number of nitriles is 1. The molecular weight excluding hydrogens is 226 g/mol. The van der Waals surface area contributed by atoms with Crippen molar-refractivity contribution >= 4 is 0 Å². The molecule has 0 spiro atoms. The van der Waals surface area contributed by atoms with Crippen molar-refractivity contribution in [2.75, 3.05) is 0 Å².